The summed E-state index contributed by atoms with van der Waals surface area (Å²) >= 11 is 0. The molecular weight excluding hydrogens is 394 g/mol. The summed E-state index contributed by atoms with van der Waals surface area (Å²) in [5.74, 6) is 0.933. The van der Waals surface area contributed by atoms with Crippen LogP contribution in [0.15, 0.2) is 67.0 Å². The Hall–Kier alpha value is -3.87. The van der Waals surface area contributed by atoms with Crippen LogP contribution in [0.4, 0.5) is 11.4 Å². The summed E-state index contributed by atoms with van der Waals surface area (Å²) in [6.45, 7) is 4.40. The Kier molecular flexibility index (Phi) is 5.84. The number of aromatic nitrogens is 1. The van der Waals surface area contributed by atoms with Gasteiger partial charge in [0.1, 0.15) is 18.1 Å². The number of hydrogen-bond donors (Lipinski definition) is 1. The molecule has 1 N–H and O–H groups in total. The fraction of sp³-hybridized carbons (Fsp3) is 0.208. The van der Waals surface area contributed by atoms with Crippen molar-refractivity contribution in [1.29, 1.82) is 0 Å². The Morgan fingerprint density at radius 1 is 1.16 bits per heavy atom. The van der Waals surface area contributed by atoms with E-state index in [2.05, 4.69) is 10.3 Å². The minimum Gasteiger partial charge on any atom is -0.492 e. The van der Waals surface area contributed by atoms with E-state index in [1.165, 1.54) is 0 Å². The third kappa shape index (κ3) is 4.66. The van der Waals surface area contributed by atoms with Crippen LogP contribution in [0.2, 0.25) is 0 Å². The van der Waals surface area contributed by atoms with Gasteiger partial charge in [-0.25, -0.2) is 0 Å². The van der Waals surface area contributed by atoms with E-state index < -0.39 is 6.10 Å². The van der Waals surface area contributed by atoms with E-state index in [4.69, 9.17) is 9.47 Å². The maximum absolute atomic E-state index is 12.8. The van der Waals surface area contributed by atoms with Gasteiger partial charge in [0.2, 0.25) is 0 Å². The molecular formula is C24H23N3O4. The number of aryl methyl sites for hydroxylation is 1. The number of nitrogens with one attached hydrogen (secondary N) is 1. The number of anilines is 2. The molecule has 1 unspecified atom stereocenters. The average Bonchev–Trinajstić information content (AvgIpc) is 2.77. The molecule has 1 aliphatic rings. The van der Waals surface area contributed by atoms with Crippen molar-refractivity contribution >= 4 is 23.2 Å². The largest absolute Gasteiger partial charge is 0.492 e. The summed E-state index contributed by atoms with van der Waals surface area (Å²) in [5.41, 5.74) is 2.77. The van der Waals surface area contributed by atoms with Crippen LogP contribution in [-0.2, 0) is 4.79 Å². The second-order valence-electron chi connectivity index (χ2n) is 7.29. The van der Waals surface area contributed by atoms with Gasteiger partial charge in [0.15, 0.2) is 6.10 Å². The first-order valence-electron chi connectivity index (χ1n) is 10.0. The Balaban J connectivity index is 1.51. The molecule has 7 heteroatoms. The summed E-state index contributed by atoms with van der Waals surface area (Å²) in [6, 6.07) is 16.3. The maximum Gasteiger partial charge on any atom is 0.267 e. The number of carbonyl (C=O) groups is 2. The number of fused-ring (bicyclic) bond motifs is 1. The Labute approximate surface area is 180 Å². The van der Waals surface area contributed by atoms with Gasteiger partial charge in [-0.2, -0.15) is 0 Å². The number of hydrogen-bond acceptors (Lipinski definition) is 5. The van der Waals surface area contributed by atoms with Crippen LogP contribution in [0, 0.1) is 6.92 Å². The molecule has 158 valence electrons. The van der Waals surface area contributed by atoms with Gasteiger partial charge < -0.3 is 19.7 Å². The lowest BCUT2D eigenvalue weighted by Crippen LogP contribution is -2.46. The number of ether oxygens (including phenoxy) is 2. The zero-order valence-corrected chi connectivity index (χ0v) is 17.4. The van der Waals surface area contributed by atoms with Crippen molar-refractivity contribution in [1.82, 2.24) is 4.98 Å². The van der Waals surface area contributed by atoms with Gasteiger partial charge in [-0.15, -0.1) is 0 Å². The molecule has 2 aromatic carbocycles. The van der Waals surface area contributed by atoms with Crippen LogP contribution in [-0.4, -0.2) is 36.1 Å². The summed E-state index contributed by atoms with van der Waals surface area (Å²) in [5, 5.41) is 2.85. The minimum absolute atomic E-state index is 0.155. The molecule has 7 nitrogen and oxygen atoms in total. The highest BCUT2D eigenvalue weighted by Gasteiger charge is 2.31. The summed E-state index contributed by atoms with van der Waals surface area (Å²) < 4.78 is 11.6. The number of rotatable bonds is 6. The van der Waals surface area contributed by atoms with Crippen molar-refractivity contribution in [3.63, 3.8) is 0 Å². The molecule has 0 radical (unpaired) electrons. The summed E-state index contributed by atoms with van der Waals surface area (Å²) in [6.07, 6.45) is 2.53. The van der Waals surface area contributed by atoms with Gasteiger partial charge in [0.05, 0.1) is 12.2 Å². The van der Waals surface area contributed by atoms with Crippen LogP contribution in [0.1, 0.15) is 22.8 Å². The third-order valence-corrected chi connectivity index (χ3v) is 4.94. The number of nitrogens with zero attached hydrogens (tertiary/aromatic N) is 2. The molecule has 2 amide bonds. The number of amides is 2. The first-order chi connectivity index (χ1) is 15.0. The highest BCUT2D eigenvalue weighted by molar-refractivity contribution is 6.05. The molecule has 0 bridgehead atoms. The summed E-state index contributed by atoms with van der Waals surface area (Å²) in [4.78, 5) is 30.8. The quantitative estimate of drug-likeness (QED) is 0.659. The predicted octanol–water partition coefficient (Wildman–Crippen LogP) is 3.84. The zero-order valence-electron chi connectivity index (χ0n) is 17.4. The van der Waals surface area contributed by atoms with E-state index in [1.54, 1.807) is 54.5 Å². The molecule has 1 aliphatic heterocycles. The minimum atomic E-state index is -0.594. The molecule has 0 fully saturated rings. The number of pyridine rings is 1. The lowest BCUT2D eigenvalue weighted by molar-refractivity contribution is -0.125. The normalized spacial score (nSPS) is 15.1. The molecule has 4 rings (SSSR count). The molecule has 0 aliphatic carbocycles. The van der Waals surface area contributed by atoms with Gasteiger partial charge in [0.25, 0.3) is 11.8 Å². The molecule has 0 saturated carbocycles. The van der Waals surface area contributed by atoms with Crippen LogP contribution in [0.3, 0.4) is 0 Å². The lowest BCUT2D eigenvalue weighted by atomic mass is 10.1. The van der Waals surface area contributed by atoms with Crippen LogP contribution in [0.5, 0.6) is 11.5 Å². The van der Waals surface area contributed by atoms with Gasteiger partial charge in [-0.1, -0.05) is 12.1 Å². The molecule has 0 saturated heterocycles. The topological polar surface area (TPSA) is 80.8 Å². The van der Waals surface area contributed by atoms with Crippen LogP contribution in [0.25, 0.3) is 0 Å². The Morgan fingerprint density at radius 3 is 2.74 bits per heavy atom. The van der Waals surface area contributed by atoms with Crippen molar-refractivity contribution in [2.45, 2.75) is 20.0 Å². The average molecular weight is 417 g/mol. The molecule has 31 heavy (non-hydrogen) atoms. The zero-order chi connectivity index (χ0) is 21.8. The van der Waals surface area contributed by atoms with Crippen molar-refractivity contribution in [3.8, 4) is 11.5 Å². The van der Waals surface area contributed by atoms with Crippen molar-refractivity contribution in [2.24, 2.45) is 0 Å². The number of carbonyl (C=O) groups excluding carboxylic acids is 2. The Bertz CT molecular complexity index is 1100. The molecule has 3 aromatic rings. The van der Waals surface area contributed by atoms with E-state index in [9.17, 15) is 9.59 Å². The monoisotopic (exact) mass is 417 g/mol. The standard InChI is InChI=1S/C24H23N3O4/c1-16-4-3-5-20(14-16)30-13-12-27-21-15-19(6-7-22(21)31-17(2)24(27)29)26-23(28)18-8-10-25-11-9-18/h3-11,14-15,17H,12-13H2,1-2H3,(H,26,28). The van der Waals surface area contributed by atoms with Crippen molar-refractivity contribution in [3.05, 3.63) is 78.1 Å². The second kappa shape index (κ2) is 8.87. The fourth-order valence-corrected chi connectivity index (χ4v) is 3.38. The number of benzene rings is 2. The van der Waals surface area contributed by atoms with E-state index in [0.717, 1.165) is 11.3 Å². The molecule has 2 heterocycles. The van der Waals surface area contributed by atoms with Crippen molar-refractivity contribution in [2.75, 3.05) is 23.4 Å². The SMILES string of the molecule is Cc1cccc(OCCN2C(=O)C(C)Oc3ccc(NC(=O)c4ccncc4)cc32)c1. The van der Waals surface area contributed by atoms with Gasteiger partial charge in [-0.05, 0) is 61.9 Å². The first kappa shape index (κ1) is 20.4. The molecule has 0 spiro atoms. The van der Waals surface area contributed by atoms with Gasteiger partial charge >= 0.3 is 0 Å². The third-order valence-electron chi connectivity index (χ3n) is 4.94. The van der Waals surface area contributed by atoms with Gasteiger partial charge in [-0.3, -0.25) is 14.6 Å². The van der Waals surface area contributed by atoms with E-state index in [0.29, 0.717) is 35.8 Å². The predicted molar refractivity (Wildman–Crippen MR) is 118 cm³/mol. The van der Waals surface area contributed by atoms with Crippen LogP contribution < -0.4 is 19.7 Å². The fourth-order valence-electron chi connectivity index (χ4n) is 3.38. The van der Waals surface area contributed by atoms with E-state index in [1.807, 2.05) is 31.2 Å². The smallest absolute Gasteiger partial charge is 0.267 e. The molecule has 1 atom stereocenters. The van der Waals surface area contributed by atoms with E-state index >= 15 is 0 Å². The van der Waals surface area contributed by atoms with E-state index in [-0.39, 0.29) is 11.8 Å². The lowest BCUT2D eigenvalue weighted by Gasteiger charge is -2.33. The van der Waals surface area contributed by atoms with Crippen molar-refractivity contribution < 1.29 is 19.1 Å². The van der Waals surface area contributed by atoms with Crippen LogP contribution >= 0.6 is 0 Å². The first-order valence-corrected chi connectivity index (χ1v) is 10.0. The molecule has 1 aromatic heterocycles. The summed E-state index contributed by atoms with van der Waals surface area (Å²) in [7, 11) is 0. The maximum atomic E-state index is 12.8. The highest BCUT2D eigenvalue weighted by Crippen LogP contribution is 2.36. The Morgan fingerprint density at radius 2 is 1.97 bits per heavy atom. The van der Waals surface area contributed by atoms with Gasteiger partial charge in [0, 0.05) is 23.6 Å². The second-order valence-corrected chi connectivity index (χ2v) is 7.29. The highest BCUT2D eigenvalue weighted by atomic mass is 16.5.